The van der Waals surface area contributed by atoms with E-state index in [1.807, 2.05) is 37.3 Å². The van der Waals surface area contributed by atoms with Gasteiger partial charge in [-0.2, -0.15) is 0 Å². The molecule has 2 aromatic rings. The van der Waals surface area contributed by atoms with E-state index in [-0.39, 0.29) is 11.9 Å². The van der Waals surface area contributed by atoms with Crippen LogP contribution in [-0.2, 0) is 11.2 Å². The van der Waals surface area contributed by atoms with Gasteiger partial charge in [-0.05, 0) is 36.8 Å². The summed E-state index contributed by atoms with van der Waals surface area (Å²) in [5, 5.41) is 2.98. The smallest absolute Gasteiger partial charge is 0.224 e. The number of hydrogen-bond acceptors (Lipinski definition) is 4. The number of amides is 1. The van der Waals surface area contributed by atoms with Crippen LogP contribution >= 0.6 is 22.9 Å². The molecule has 1 aliphatic heterocycles. The number of hydrogen-bond donors (Lipinski definition) is 1. The van der Waals surface area contributed by atoms with Gasteiger partial charge in [-0.15, -0.1) is 11.3 Å². The lowest BCUT2D eigenvalue weighted by Gasteiger charge is -2.19. The van der Waals surface area contributed by atoms with Crippen molar-refractivity contribution in [1.82, 2.24) is 5.32 Å². The summed E-state index contributed by atoms with van der Waals surface area (Å²) in [6.07, 6.45) is 0.306. The molecule has 2 heterocycles. The van der Waals surface area contributed by atoms with Gasteiger partial charge in [0.05, 0.1) is 16.8 Å². The highest BCUT2D eigenvalue weighted by molar-refractivity contribution is 7.16. The van der Waals surface area contributed by atoms with Gasteiger partial charge in [-0.3, -0.25) is 4.79 Å². The van der Waals surface area contributed by atoms with Crippen molar-refractivity contribution >= 4 is 28.8 Å². The third-order valence-corrected chi connectivity index (χ3v) is 4.78. The number of benzene rings is 1. The normalized spacial score (nSPS) is 14.5. The first-order valence-electron chi connectivity index (χ1n) is 7.05. The second-order valence-corrected chi connectivity index (χ2v) is 6.83. The Hall–Kier alpha value is -1.72. The number of ether oxygens (including phenoxy) is 2. The second-order valence-electron chi connectivity index (χ2n) is 5.09. The van der Waals surface area contributed by atoms with Gasteiger partial charge in [0.1, 0.15) is 13.2 Å². The lowest BCUT2D eigenvalue weighted by atomic mass is 10.1. The summed E-state index contributed by atoms with van der Waals surface area (Å²) < 4.78 is 11.7. The molecule has 1 atom stereocenters. The zero-order valence-corrected chi connectivity index (χ0v) is 13.7. The number of thiophene rings is 1. The fourth-order valence-electron chi connectivity index (χ4n) is 2.31. The van der Waals surface area contributed by atoms with Crippen molar-refractivity contribution in [2.24, 2.45) is 0 Å². The molecule has 116 valence electrons. The van der Waals surface area contributed by atoms with Crippen LogP contribution in [0.2, 0.25) is 4.34 Å². The minimum Gasteiger partial charge on any atom is -0.486 e. The molecule has 0 radical (unpaired) electrons. The predicted molar refractivity (Wildman–Crippen MR) is 87.0 cm³/mol. The SMILES string of the molecule is C[C@@H](NC(=O)Cc1ccc2c(c1)OCCO2)c1ccc(Cl)s1. The number of rotatable bonds is 4. The summed E-state index contributed by atoms with van der Waals surface area (Å²) >= 11 is 7.40. The average Bonchev–Trinajstić information content (AvgIpc) is 2.94. The summed E-state index contributed by atoms with van der Waals surface area (Å²) in [7, 11) is 0. The lowest BCUT2D eigenvalue weighted by Crippen LogP contribution is -2.27. The van der Waals surface area contributed by atoms with Crippen LogP contribution in [0, 0.1) is 0 Å². The number of fused-ring (bicyclic) bond motifs is 1. The average molecular weight is 338 g/mol. The highest BCUT2D eigenvalue weighted by atomic mass is 35.5. The van der Waals surface area contributed by atoms with Gasteiger partial charge in [0.15, 0.2) is 11.5 Å². The van der Waals surface area contributed by atoms with Gasteiger partial charge in [0, 0.05) is 4.88 Å². The van der Waals surface area contributed by atoms with Crippen LogP contribution in [0.1, 0.15) is 23.4 Å². The summed E-state index contributed by atoms with van der Waals surface area (Å²) in [5.41, 5.74) is 0.901. The molecule has 4 nitrogen and oxygen atoms in total. The Balaban J connectivity index is 1.62. The Labute approximate surface area is 138 Å². The van der Waals surface area contributed by atoms with Gasteiger partial charge in [0.2, 0.25) is 5.91 Å². The van der Waals surface area contributed by atoms with E-state index in [2.05, 4.69) is 5.32 Å². The summed E-state index contributed by atoms with van der Waals surface area (Å²) in [6, 6.07) is 9.31. The minimum absolute atomic E-state index is 0.0336. The molecular weight excluding hydrogens is 322 g/mol. The van der Waals surface area contributed by atoms with Crippen LogP contribution in [0.15, 0.2) is 30.3 Å². The van der Waals surface area contributed by atoms with Crippen molar-refractivity contribution < 1.29 is 14.3 Å². The molecule has 1 aromatic carbocycles. The Morgan fingerprint density at radius 2 is 2.05 bits per heavy atom. The van der Waals surface area contributed by atoms with E-state index in [9.17, 15) is 4.79 Å². The molecule has 0 fully saturated rings. The summed E-state index contributed by atoms with van der Waals surface area (Å²) in [4.78, 5) is 13.2. The maximum Gasteiger partial charge on any atom is 0.224 e. The van der Waals surface area contributed by atoms with Crippen molar-refractivity contribution in [3.63, 3.8) is 0 Å². The predicted octanol–water partition coefficient (Wildman–Crippen LogP) is 3.59. The molecule has 0 saturated carbocycles. The van der Waals surface area contributed by atoms with E-state index in [1.165, 1.54) is 11.3 Å². The van der Waals surface area contributed by atoms with Crippen molar-refractivity contribution in [2.45, 2.75) is 19.4 Å². The van der Waals surface area contributed by atoms with Gasteiger partial charge >= 0.3 is 0 Å². The van der Waals surface area contributed by atoms with Crippen molar-refractivity contribution in [2.75, 3.05) is 13.2 Å². The molecule has 0 bridgehead atoms. The second kappa shape index (κ2) is 6.58. The first kappa shape index (κ1) is 15.2. The van der Waals surface area contributed by atoms with Gasteiger partial charge in [-0.25, -0.2) is 0 Å². The Morgan fingerprint density at radius 3 is 2.77 bits per heavy atom. The first-order valence-corrected chi connectivity index (χ1v) is 8.24. The zero-order valence-electron chi connectivity index (χ0n) is 12.1. The maximum atomic E-state index is 12.2. The van der Waals surface area contributed by atoms with E-state index in [4.69, 9.17) is 21.1 Å². The largest absolute Gasteiger partial charge is 0.486 e. The molecule has 3 rings (SSSR count). The summed E-state index contributed by atoms with van der Waals surface area (Å²) in [5.74, 6) is 1.40. The fourth-order valence-corrected chi connectivity index (χ4v) is 3.37. The molecule has 1 amide bonds. The highest BCUT2D eigenvalue weighted by Gasteiger charge is 2.15. The van der Waals surface area contributed by atoms with Gasteiger partial charge < -0.3 is 14.8 Å². The molecule has 22 heavy (non-hydrogen) atoms. The van der Waals surface area contributed by atoms with Crippen LogP contribution in [0.5, 0.6) is 11.5 Å². The Kier molecular flexibility index (Phi) is 4.55. The van der Waals surface area contributed by atoms with Gasteiger partial charge in [0.25, 0.3) is 0 Å². The zero-order chi connectivity index (χ0) is 15.5. The van der Waals surface area contributed by atoms with Crippen molar-refractivity contribution in [3.8, 4) is 11.5 Å². The molecule has 1 aromatic heterocycles. The van der Waals surface area contributed by atoms with E-state index in [0.29, 0.717) is 25.4 Å². The van der Waals surface area contributed by atoms with Crippen LogP contribution < -0.4 is 14.8 Å². The molecular formula is C16H16ClNO3S. The summed E-state index contributed by atoms with van der Waals surface area (Å²) in [6.45, 7) is 3.05. The molecule has 6 heteroatoms. The standard InChI is InChI=1S/C16H16ClNO3S/c1-10(14-4-5-15(17)22-14)18-16(19)9-11-2-3-12-13(8-11)21-7-6-20-12/h2-5,8,10H,6-7,9H2,1H3,(H,18,19)/t10-/m1/s1. The Morgan fingerprint density at radius 1 is 1.27 bits per heavy atom. The van der Waals surface area contributed by atoms with E-state index in [1.54, 1.807) is 0 Å². The number of carbonyl (C=O) groups is 1. The third kappa shape index (κ3) is 3.54. The molecule has 0 unspecified atom stereocenters. The Bertz CT molecular complexity index is 686. The monoisotopic (exact) mass is 337 g/mol. The third-order valence-electron chi connectivity index (χ3n) is 3.37. The fraction of sp³-hybridized carbons (Fsp3) is 0.312. The van der Waals surface area contributed by atoms with Gasteiger partial charge in [-0.1, -0.05) is 17.7 Å². The van der Waals surface area contributed by atoms with Crippen LogP contribution in [0.4, 0.5) is 0 Å². The number of carbonyl (C=O) groups excluding carboxylic acids is 1. The molecule has 1 aliphatic rings. The van der Waals surface area contributed by atoms with E-state index >= 15 is 0 Å². The van der Waals surface area contributed by atoms with Crippen molar-refractivity contribution in [3.05, 3.63) is 45.1 Å². The quantitative estimate of drug-likeness (QED) is 0.927. The minimum atomic E-state index is -0.0535. The topological polar surface area (TPSA) is 47.6 Å². The molecule has 1 N–H and O–H groups in total. The molecule has 0 aliphatic carbocycles. The molecule has 0 spiro atoms. The first-order chi connectivity index (χ1) is 10.6. The van der Waals surface area contributed by atoms with E-state index < -0.39 is 0 Å². The molecule has 0 saturated heterocycles. The van der Waals surface area contributed by atoms with Crippen LogP contribution in [0.3, 0.4) is 0 Å². The van der Waals surface area contributed by atoms with Crippen LogP contribution in [-0.4, -0.2) is 19.1 Å². The number of halogens is 1. The highest BCUT2D eigenvalue weighted by Crippen LogP contribution is 2.31. The lowest BCUT2D eigenvalue weighted by molar-refractivity contribution is -0.121. The number of nitrogens with one attached hydrogen (secondary N) is 1. The maximum absolute atomic E-state index is 12.2. The van der Waals surface area contributed by atoms with Crippen LogP contribution in [0.25, 0.3) is 0 Å². The van der Waals surface area contributed by atoms with E-state index in [0.717, 1.165) is 20.5 Å². The van der Waals surface area contributed by atoms with Crippen molar-refractivity contribution in [1.29, 1.82) is 0 Å².